The smallest absolute Gasteiger partial charge is 0.274 e. The number of imidazole rings is 1. The summed E-state index contributed by atoms with van der Waals surface area (Å²) in [5.41, 5.74) is 5.31. The predicted molar refractivity (Wildman–Crippen MR) is 114 cm³/mol. The first-order valence-electron chi connectivity index (χ1n) is 9.73. The van der Waals surface area contributed by atoms with E-state index in [1.807, 2.05) is 41.8 Å². The zero-order valence-electron chi connectivity index (χ0n) is 16.3. The first-order chi connectivity index (χ1) is 14.7. The fourth-order valence-corrected chi connectivity index (χ4v) is 3.76. The summed E-state index contributed by atoms with van der Waals surface area (Å²) in [5, 5.41) is 14.4. The van der Waals surface area contributed by atoms with Gasteiger partial charge in [0.2, 0.25) is 5.82 Å². The van der Waals surface area contributed by atoms with Crippen LogP contribution in [0.2, 0.25) is 0 Å². The Bertz CT molecular complexity index is 1370. The van der Waals surface area contributed by atoms with Crippen LogP contribution >= 0.6 is 0 Å². The molecular weight excluding hydrogens is 378 g/mol. The van der Waals surface area contributed by atoms with E-state index < -0.39 is 0 Å². The molecule has 0 amide bonds. The molecule has 0 unspecified atom stereocenters. The van der Waals surface area contributed by atoms with Gasteiger partial charge in [0, 0.05) is 24.7 Å². The maximum atomic E-state index is 12.4. The van der Waals surface area contributed by atoms with Crippen LogP contribution in [0.1, 0.15) is 18.3 Å². The van der Waals surface area contributed by atoms with Crippen LogP contribution in [0.5, 0.6) is 0 Å². The Morgan fingerprint density at radius 3 is 2.53 bits per heavy atom. The summed E-state index contributed by atoms with van der Waals surface area (Å²) in [6.45, 7) is 2.63. The lowest BCUT2D eigenvalue weighted by atomic mass is 9.98. The molecule has 0 spiro atoms. The molecule has 8 heteroatoms. The maximum Gasteiger partial charge on any atom is 0.274 e. The molecule has 5 rings (SSSR count). The van der Waals surface area contributed by atoms with Crippen molar-refractivity contribution in [1.29, 1.82) is 0 Å². The van der Waals surface area contributed by atoms with E-state index in [4.69, 9.17) is 0 Å². The molecular formula is C22H19N7O. The van der Waals surface area contributed by atoms with Crippen molar-refractivity contribution in [3.8, 4) is 22.5 Å². The van der Waals surface area contributed by atoms with Crippen LogP contribution in [0, 0.1) is 0 Å². The van der Waals surface area contributed by atoms with Gasteiger partial charge in [0.25, 0.3) is 5.56 Å². The highest BCUT2D eigenvalue weighted by atomic mass is 16.1. The molecule has 0 radical (unpaired) electrons. The molecule has 0 saturated carbocycles. The van der Waals surface area contributed by atoms with Crippen LogP contribution in [0.25, 0.3) is 33.5 Å². The standard InChI is InChI=1S/C22H19N7O/c1-2-19-24-18-11-12-23-22(30)20(18)29(19)13-14-7-9-15(10-8-14)16-5-3-4-6-17(16)21-25-27-28-26-21/h3-12H,2,13H2,1H3,(H,23,30)(H,25,26,27,28). The molecule has 30 heavy (non-hydrogen) atoms. The zero-order chi connectivity index (χ0) is 20.5. The first kappa shape index (κ1) is 18.0. The number of rotatable bonds is 5. The molecule has 0 aliphatic carbocycles. The summed E-state index contributed by atoms with van der Waals surface area (Å²) in [5.74, 6) is 1.46. The molecule has 0 fully saturated rings. The van der Waals surface area contributed by atoms with Gasteiger partial charge in [-0.2, -0.15) is 5.21 Å². The summed E-state index contributed by atoms with van der Waals surface area (Å²) in [4.78, 5) is 19.7. The van der Waals surface area contributed by atoms with Gasteiger partial charge >= 0.3 is 0 Å². The topological polar surface area (TPSA) is 105 Å². The van der Waals surface area contributed by atoms with Crippen LogP contribution < -0.4 is 5.56 Å². The van der Waals surface area contributed by atoms with Gasteiger partial charge in [0.15, 0.2) is 0 Å². The lowest BCUT2D eigenvalue weighted by molar-refractivity contribution is 0.750. The van der Waals surface area contributed by atoms with Crippen molar-refractivity contribution in [2.24, 2.45) is 0 Å². The van der Waals surface area contributed by atoms with Gasteiger partial charge in [-0.05, 0) is 28.0 Å². The fourth-order valence-electron chi connectivity index (χ4n) is 3.76. The number of hydrogen-bond acceptors (Lipinski definition) is 5. The van der Waals surface area contributed by atoms with Gasteiger partial charge in [0.1, 0.15) is 11.3 Å². The number of nitrogens with one attached hydrogen (secondary N) is 2. The third kappa shape index (κ3) is 3.08. The summed E-state index contributed by atoms with van der Waals surface area (Å²) in [6, 6.07) is 18.1. The Morgan fingerprint density at radius 2 is 1.80 bits per heavy atom. The second kappa shape index (κ2) is 7.40. The van der Waals surface area contributed by atoms with E-state index in [1.165, 1.54) is 0 Å². The predicted octanol–water partition coefficient (Wildman–Crippen LogP) is 3.18. The largest absolute Gasteiger partial charge is 0.327 e. The Morgan fingerprint density at radius 1 is 1.00 bits per heavy atom. The lowest BCUT2D eigenvalue weighted by Crippen LogP contribution is -2.12. The third-order valence-electron chi connectivity index (χ3n) is 5.18. The molecule has 0 aliphatic heterocycles. The third-order valence-corrected chi connectivity index (χ3v) is 5.18. The number of pyridine rings is 1. The molecule has 2 aromatic carbocycles. The van der Waals surface area contributed by atoms with Gasteiger partial charge in [0.05, 0.1) is 5.52 Å². The monoisotopic (exact) mass is 397 g/mol. The average molecular weight is 397 g/mol. The van der Waals surface area contributed by atoms with E-state index in [0.717, 1.165) is 40.0 Å². The molecule has 0 aliphatic rings. The molecule has 8 nitrogen and oxygen atoms in total. The number of aromatic nitrogens is 7. The summed E-state index contributed by atoms with van der Waals surface area (Å²) < 4.78 is 2.00. The van der Waals surface area contributed by atoms with Crippen molar-refractivity contribution >= 4 is 11.0 Å². The molecule has 0 saturated heterocycles. The van der Waals surface area contributed by atoms with E-state index in [2.05, 4.69) is 54.9 Å². The van der Waals surface area contributed by atoms with Gasteiger partial charge in [-0.1, -0.05) is 55.5 Å². The van der Waals surface area contributed by atoms with E-state index in [9.17, 15) is 4.79 Å². The second-order valence-corrected chi connectivity index (χ2v) is 6.99. The van der Waals surface area contributed by atoms with Crippen LogP contribution in [-0.4, -0.2) is 35.2 Å². The van der Waals surface area contributed by atoms with Crippen LogP contribution in [0.4, 0.5) is 0 Å². The molecule has 0 atom stereocenters. The van der Waals surface area contributed by atoms with Gasteiger partial charge < -0.3 is 9.55 Å². The zero-order valence-corrected chi connectivity index (χ0v) is 16.3. The van der Waals surface area contributed by atoms with Crippen molar-refractivity contribution in [3.63, 3.8) is 0 Å². The SMILES string of the molecule is CCc1nc2cc[nH]c(=O)c2n1Cc1ccc(-c2ccccc2-c2nn[nH]n2)cc1. The Hall–Kier alpha value is -4.07. The summed E-state index contributed by atoms with van der Waals surface area (Å²) >= 11 is 0. The maximum absolute atomic E-state index is 12.4. The number of aryl methyl sites for hydroxylation is 1. The number of tetrazole rings is 1. The van der Waals surface area contributed by atoms with Gasteiger partial charge in [-0.15, -0.1) is 10.2 Å². The van der Waals surface area contributed by atoms with E-state index in [0.29, 0.717) is 17.9 Å². The highest BCUT2D eigenvalue weighted by Crippen LogP contribution is 2.30. The second-order valence-electron chi connectivity index (χ2n) is 6.99. The van der Waals surface area contributed by atoms with E-state index in [1.54, 1.807) is 6.20 Å². The minimum absolute atomic E-state index is 0.120. The molecule has 2 N–H and O–H groups in total. The number of aromatic amines is 2. The van der Waals surface area contributed by atoms with Crippen LogP contribution in [0.3, 0.4) is 0 Å². The Labute approximate surface area is 171 Å². The number of benzene rings is 2. The Balaban J connectivity index is 1.51. The van der Waals surface area contributed by atoms with Crippen molar-refractivity contribution < 1.29 is 0 Å². The number of fused-ring (bicyclic) bond motifs is 1. The molecule has 148 valence electrons. The van der Waals surface area contributed by atoms with Crippen molar-refractivity contribution in [2.75, 3.05) is 0 Å². The quantitative estimate of drug-likeness (QED) is 0.474. The van der Waals surface area contributed by atoms with Crippen LogP contribution in [0.15, 0.2) is 65.6 Å². The molecule has 3 heterocycles. The van der Waals surface area contributed by atoms with Gasteiger partial charge in [-0.3, -0.25) is 4.79 Å². The number of H-pyrrole nitrogens is 2. The molecule has 3 aromatic heterocycles. The van der Waals surface area contributed by atoms with Crippen molar-refractivity contribution in [2.45, 2.75) is 19.9 Å². The minimum atomic E-state index is -0.120. The summed E-state index contributed by atoms with van der Waals surface area (Å²) in [7, 11) is 0. The van der Waals surface area contributed by atoms with Crippen molar-refractivity contribution in [1.82, 2.24) is 35.2 Å². The number of hydrogen-bond donors (Lipinski definition) is 2. The lowest BCUT2D eigenvalue weighted by Gasteiger charge is -2.10. The average Bonchev–Trinajstić information content (AvgIpc) is 3.43. The fraction of sp³-hybridized carbons (Fsp3) is 0.136. The van der Waals surface area contributed by atoms with E-state index in [-0.39, 0.29) is 5.56 Å². The van der Waals surface area contributed by atoms with E-state index >= 15 is 0 Å². The Kier molecular flexibility index (Phi) is 4.44. The highest BCUT2D eigenvalue weighted by molar-refractivity contribution is 5.80. The van der Waals surface area contributed by atoms with Crippen molar-refractivity contribution in [3.05, 3.63) is 82.5 Å². The van der Waals surface area contributed by atoms with Gasteiger partial charge in [-0.25, -0.2) is 4.98 Å². The van der Waals surface area contributed by atoms with Crippen LogP contribution in [-0.2, 0) is 13.0 Å². The minimum Gasteiger partial charge on any atom is -0.327 e. The molecule has 5 aromatic rings. The normalized spacial score (nSPS) is 11.2. The molecule has 0 bridgehead atoms. The summed E-state index contributed by atoms with van der Waals surface area (Å²) in [6.07, 6.45) is 2.39. The number of nitrogens with zero attached hydrogens (tertiary/aromatic N) is 5. The highest BCUT2D eigenvalue weighted by Gasteiger charge is 2.14. The first-order valence-corrected chi connectivity index (χ1v) is 9.73.